The summed E-state index contributed by atoms with van der Waals surface area (Å²) in [6.45, 7) is 4.11. The zero-order valence-electron chi connectivity index (χ0n) is 9.92. The summed E-state index contributed by atoms with van der Waals surface area (Å²) in [6, 6.07) is 5.36. The van der Waals surface area contributed by atoms with E-state index in [1.165, 1.54) is 6.20 Å². The second-order valence-electron chi connectivity index (χ2n) is 3.23. The first kappa shape index (κ1) is 13.9. The molecule has 0 aliphatic rings. The van der Waals surface area contributed by atoms with Gasteiger partial charge in [0.25, 0.3) is 0 Å². The van der Waals surface area contributed by atoms with Gasteiger partial charge >= 0.3 is 7.60 Å². The molecule has 1 heterocycles. The highest BCUT2D eigenvalue weighted by atomic mass is 31.2. The molecule has 0 radical (unpaired) electrons. The van der Waals surface area contributed by atoms with Crippen molar-refractivity contribution in [1.29, 1.82) is 5.26 Å². The second-order valence-corrected chi connectivity index (χ2v) is 5.28. The van der Waals surface area contributed by atoms with Gasteiger partial charge in [-0.3, -0.25) is 4.57 Å². The monoisotopic (exact) mass is 254 g/mol. The average molecular weight is 254 g/mol. The largest absolute Gasteiger partial charge is 0.335 e. The fourth-order valence-corrected chi connectivity index (χ4v) is 3.11. The zero-order chi connectivity index (χ0) is 12.7. The van der Waals surface area contributed by atoms with Gasteiger partial charge in [-0.15, -0.1) is 0 Å². The molecule has 6 heteroatoms. The fraction of sp³-hybridized carbons (Fsp3) is 0.455. The number of pyridine rings is 1. The maximum absolute atomic E-state index is 12.3. The number of hydrogen-bond acceptors (Lipinski definition) is 5. The van der Waals surface area contributed by atoms with Crippen LogP contribution in [0.2, 0.25) is 0 Å². The number of nitrogens with zero attached hydrogens (tertiary/aromatic N) is 2. The van der Waals surface area contributed by atoms with Gasteiger partial charge in [0.2, 0.25) is 0 Å². The predicted molar refractivity (Wildman–Crippen MR) is 63.5 cm³/mol. The van der Waals surface area contributed by atoms with E-state index < -0.39 is 7.60 Å². The topological polar surface area (TPSA) is 72.2 Å². The normalized spacial score (nSPS) is 11.1. The summed E-state index contributed by atoms with van der Waals surface area (Å²) in [4.78, 5) is 3.91. The van der Waals surface area contributed by atoms with Crippen molar-refractivity contribution in [2.24, 2.45) is 0 Å². The second kappa shape index (κ2) is 6.51. The van der Waals surface area contributed by atoms with E-state index in [-0.39, 0.29) is 11.9 Å². The summed E-state index contributed by atoms with van der Waals surface area (Å²) in [5, 5.41) is 8.89. The van der Waals surface area contributed by atoms with Crippen molar-refractivity contribution in [3.05, 3.63) is 29.6 Å². The Morgan fingerprint density at radius 1 is 1.41 bits per heavy atom. The van der Waals surface area contributed by atoms with E-state index in [1.807, 2.05) is 6.07 Å². The Labute approximate surface area is 101 Å². The van der Waals surface area contributed by atoms with E-state index in [1.54, 1.807) is 26.0 Å². The quantitative estimate of drug-likeness (QED) is 0.730. The van der Waals surface area contributed by atoms with Gasteiger partial charge in [-0.05, 0) is 19.9 Å². The molecule has 1 aromatic rings. The standard InChI is InChI=1S/C11H15N2O3P/c1-3-15-17(14,16-4-2)9-10-6-5-7-13-11(10)8-12/h5-7H,3-4,9H2,1-2H3. The van der Waals surface area contributed by atoms with Crippen molar-refractivity contribution in [3.63, 3.8) is 0 Å². The van der Waals surface area contributed by atoms with E-state index >= 15 is 0 Å². The molecule has 0 aliphatic heterocycles. The van der Waals surface area contributed by atoms with E-state index in [2.05, 4.69) is 4.98 Å². The molecular formula is C11H15N2O3P. The molecule has 0 aliphatic carbocycles. The minimum atomic E-state index is -3.17. The maximum atomic E-state index is 12.3. The third-order valence-electron chi connectivity index (χ3n) is 2.01. The minimum Gasteiger partial charge on any atom is -0.309 e. The van der Waals surface area contributed by atoms with Crippen LogP contribution in [0.4, 0.5) is 0 Å². The number of hydrogen-bond donors (Lipinski definition) is 0. The average Bonchev–Trinajstić information content (AvgIpc) is 2.30. The molecule has 0 fully saturated rings. The maximum Gasteiger partial charge on any atom is 0.335 e. The number of nitriles is 1. The lowest BCUT2D eigenvalue weighted by molar-refractivity contribution is 0.219. The molecule has 0 bridgehead atoms. The van der Waals surface area contributed by atoms with Crippen LogP contribution in [-0.2, 0) is 19.8 Å². The van der Waals surface area contributed by atoms with Crippen molar-refractivity contribution in [1.82, 2.24) is 4.98 Å². The van der Waals surface area contributed by atoms with Gasteiger partial charge in [-0.25, -0.2) is 4.98 Å². The Hall–Kier alpha value is -1.21. The summed E-state index contributed by atoms with van der Waals surface area (Å²) in [5.74, 6) is 0. The molecular weight excluding hydrogens is 239 g/mol. The highest BCUT2D eigenvalue weighted by molar-refractivity contribution is 7.53. The summed E-state index contributed by atoms with van der Waals surface area (Å²) >= 11 is 0. The molecule has 0 spiro atoms. The first-order valence-electron chi connectivity index (χ1n) is 5.37. The van der Waals surface area contributed by atoms with Crippen LogP contribution < -0.4 is 0 Å². The molecule has 0 saturated heterocycles. The van der Waals surface area contributed by atoms with Crippen LogP contribution in [-0.4, -0.2) is 18.2 Å². The predicted octanol–water partition coefficient (Wildman–Crippen LogP) is 2.72. The lowest BCUT2D eigenvalue weighted by Gasteiger charge is -2.17. The van der Waals surface area contributed by atoms with E-state index in [0.717, 1.165) is 0 Å². The van der Waals surface area contributed by atoms with Gasteiger partial charge in [-0.1, -0.05) is 6.07 Å². The lowest BCUT2D eigenvalue weighted by Crippen LogP contribution is -2.01. The SMILES string of the molecule is CCOP(=O)(Cc1cccnc1C#N)OCC. The van der Waals surface area contributed by atoms with E-state index in [0.29, 0.717) is 18.8 Å². The Bertz CT molecular complexity index is 446. The Morgan fingerprint density at radius 2 is 2.06 bits per heavy atom. The van der Waals surface area contributed by atoms with Crippen LogP contribution >= 0.6 is 7.60 Å². The smallest absolute Gasteiger partial charge is 0.309 e. The third-order valence-corrected chi connectivity index (χ3v) is 4.04. The van der Waals surface area contributed by atoms with Crippen molar-refractivity contribution < 1.29 is 13.6 Å². The molecule has 1 aromatic heterocycles. The van der Waals surface area contributed by atoms with Gasteiger partial charge in [-0.2, -0.15) is 5.26 Å². The first-order chi connectivity index (χ1) is 8.15. The van der Waals surface area contributed by atoms with Crippen LogP contribution in [0.15, 0.2) is 18.3 Å². The van der Waals surface area contributed by atoms with Crippen LogP contribution in [0.1, 0.15) is 25.1 Å². The summed E-state index contributed by atoms with van der Waals surface area (Å²) in [5.41, 5.74) is 0.840. The van der Waals surface area contributed by atoms with Crippen molar-refractivity contribution in [2.45, 2.75) is 20.0 Å². The number of aromatic nitrogens is 1. The minimum absolute atomic E-state index is 0.0748. The van der Waals surface area contributed by atoms with Gasteiger partial charge in [0.1, 0.15) is 11.8 Å². The molecule has 0 atom stereocenters. The molecule has 17 heavy (non-hydrogen) atoms. The van der Waals surface area contributed by atoms with Crippen LogP contribution in [0, 0.1) is 11.3 Å². The van der Waals surface area contributed by atoms with Crippen LogP contribution in [0.5, 0.6) is 0 Å². The van der Waals surface area contributed by atoms with Crippen molar-refractivity contribution in [3.8, 4) is 6.07 Å². The Morgan fingerprint density at radius 3 is 2.59 bits per heavy atom. The molecule has 1 rings (SSSR count). The molecule has 92 valence electrons. The summed E-state index contributed by atoms with van der Waals surface area (Å²) in [7, 11) is -3.17. The molecule has 0 unspecified atom stereocenters. The van der Waals surface area contributed by atoms with Crippen LogP contribution in [0.25, 0.3) is 0 Å². The summed E-state index contributed by atoms with van der Waals surface area (Å²) in [6.07, 6.45) is 1.60. The Balaban J connectivity index is 2.94. The Kier molecular flexibility index (Phi) is 5.30. The zero-order valence-corrected chi connectivity index (χ0v) is 10.8. The van der Waals surface area contributed by atoms with Gasteiger partial charge in [0.05, 0.1) is 19.4 Å². The van der Waals surface area contributed by atoms with Crippen molar-refractivity contribution in [2.75, 3.05) is 13.2 Å². The van der Waals surface area contributed by atoms with Crippen molar-refractivity contribution >= 4 is 7.60 Å². The number of rotatable bonds is 6. The molecule has 0 aromatic carbocycles. The lowest BCUT2D eigenvalue weighted by atomic mass is 10.2. The van der Waals surface area contributed by atoms with E-state index in [4.69, 9.17) is 14.3 Å². The van der Waals surface area contributed by atoms with E-state index in [9.17, 15) is 4.57 Å². The third kappa shape index (κ3) is 3.94. The fourth-order valence-electron chi connectivity index (χ4n) is 1.40. The molecule has 0 amide bonds. The highest BCUT2D eigenvalue weighted by Crippen LogP contribution is 2.51. The first-order valence-corrected chi connectivity index (χ1v) is 7.10. The molecule has 5 nitrogen and oxygen atoms in total. The molecule has 0 saturated carbocycles. The van der Waals surface area contributed by atoms with Gasteiger partial charge < -0.3 is 9.05 Å². The van der Waals surface area contributed by atoms with Gasteiger partial charge in [0.15, 0.2) is 0 Å². The highest BCUT2D eigenvalue weighted by Gasteiger charge is 2.25. The van der Waals surface area contributed by atoms with Gasteiger partial charge in [0, 0.05) is 11.8 Å². The molecule has 0 N–H and O–H groups in total. The summed E-state index contributed by atoms with van der Waals surface area (Å²) < 4.78 is 22.6. The van der Waals surface area contributed by atoms with Crippen LogP contribution in [0.3, 0.4) is 0 Å².